The molecule has 30 heavy (non-hydrogen) atoms. The molecule has 0 atom stereocenters. The number of nitro groups is 2. The quantitative estimate of drug-likeness (QED) is 0.375. The highest BCUT2D eigenvalue weighted by molar-refractivity contribution is 6.31. The van der Waals surface area contributed by atoms with Crippen molar-refractivity contribution in [2.45, 2.75) is 0 Å². The van der Waals surface area contributed by atoms with E-state index in [0.29, 0.717) is 47.4 Å². The molecule has 1 aliphatic rings. The molecule has 2 aromatic carbocycles. The molecule has 1 saturated heterocycles. The van der Waals surface area contributed by atoms with Crippen molar-refractivity contribution in [3.8, 4) is 0 Å². The molecular weight excluding hydrogens is 435 g/mol. The fourth-order valence-corrected chi connectivity index (χ4v) is 3.16. The zero-order valence-electron chi connectivity index (χ0n) is 15.5. The van der Waals surface area contributed by atoms with Crippen LogP contribution in [-0.2, 0) is 0 Å². The SMILES string of the molecule is O=[N+]([O-])c1ccc(Cl)cc1/C=N\N1CCN(/N=C\c2cc(Cl)ccc2[N+](=O)[O-])CC1. The molecule has 0 bridgehead atoms. The Hall–Kier alpha value is -3.24. The Morgan fingerprint density at radius 2 is 1.13 bits per heavy atom. The van der Waals surface area contributed by atoms with E-state index in [2.05, 4.69) is 10.2 Å². The molecule has 0 aliphatic carbocycles. The van der Waals surface area contributed by atoms with Crippen LogP contribution in [0.4, 0.5) is 11.4 Å². The maximum Gasteiger partial charge on any atom is 0.278 e. The summed E-state index contributed by atoms with van der Waals surface area (Å²) in [6.45, 7) is 2.11. The maximum atomic E-state index is 11.1. The average Bonchev–Trinajstić information content (AvgIpc) is 2.71. The van der Waals surface area contributed by atoms with E-state index in [9.17, 15) is 20.2 Å². The van der Waals surface area contributed by atoms with Gasteiger partial charge in [0.25, 0.3) is 11.4 Å². The zero-order chi connectivity index (χ0) is 21.7. The minimum Gasteiger partial charge on any atom is -0.293 e. The molecule has 0 N–H and O–H groups in total. The molecular formula is C18H16Cl2N6O4. The molecule has 0 radical (unpaired) electrons. The van der Waals surface area contributed by atoms with Gasteiger partial charge in [0.15, 0.2) is 0 Å². The molecule has 0 amide bonds. The molecule has 3 rings (SSSR count). The van der Waals surface area contributed by atoms with Gasteiger partial charge in [-0.15, -0.1) is 0 Å². The largest absolute Gasteiger partial charge is 0.293 e. The number of halogens is 2. The molecule has 1 heterocycles. The highest BCUT2D eigenvalue weighted by Crippen LogP contribution is 2.22. The Kier molecular flexibility index (Phi) is 6.80. The Bertz CT molecular complexity index is 940. The third-order valence-electron chi connectivity index (χ3n) is 4.33. The van der Waals surface area contributed by atoms with Gasteiger partial charge in [-0.25, -0.2) is 0 Å². The summed E-state index contributed by atoms with van der Waals surface area (Å²) in [5.74, 6) is 0. The van der Waals surface area contributed by atoms with Crippen molar-refractivity contribution in [2.24, 2.45) is 10.2 Å². The number of piperazine rings is 1. The van der Waals surface area contributed by atoms with Crippen LogP contribution >= 0.6 is 23.2 Å². The van der Waals surface area contributed by atoms with E-state index in [0.717, 1.165) is 0 Å². The smallest absolute Gasteiger partial charge is 0.278 e. The number of nitro benzene ring substituents is 2. The predicted octanol–water partition coefficient (Wildman–Crippen LogP) is 3.80. The lowest BCUT2D eigenvalue weighted by atomic mass is 10.2. The number of nitrogens with zero attached hydrogens (tertiary/aromatic N) is 6. The fourth-order valence-electron chi connectivity index (χ4n) is 2.79. The van der Waals surface area contributed by atoms with Gasteiger partial charge < -0.3 is 0 Å². The summed E-state index contributed by atoms with van der Waals surface area (Å²) in [5.41, 5.74) is 0.492. The first kappa shape index (κ1) is 21.5. The van der Waals surface area contributed by atoms with Crippen molar-refractivity contribution in [2.75, 3.05) is 26.2 Å². The summed E-state index contributed by atoms with van der Waals surface area (Å²) in [6, 6.07) is 8.57. The van der Waals surface area contributed by atoms with Crippen molar-refractivity contribution >= 4 is 47.0 Å². The Morgan fingerprint density at radius 1 is 0.767 bits per heavy atom. The highest BCUT2D eigenvalue weighted by atomic mass is 35.5. The van der Waals surface area contributed by atoms with E-state index < -0.39 is 9.85 Å². The van der Waals surface area contributed by atoms with Gasteiger partial charge in [0.2, 0.25) is 0 Å². The second-order valence-electron chi connectivity index (χ2n) is 6.32. The van der Waals surface area contributed by atoms with Crippen LogP contribution in [0.15, 0.2) is 46.6 Å². The minimum absolute atomic E-state index is 0.0745. The van der Waals surface area contributed by atoms with Gasteiger partial charge in [0.1, 0.15) is 0 Å². The Balaban J connectivity index is 1.62. The molecule has 1 fully saturated rings. The summed E-state index contributed by atoms with van der Waals surface area (Å²) in [7, 11) is 0. The molecule has 0 aromatic heterocycles. The fraction of sp³-hybridized carbons (Fsp3) is 0.222. The summed E-state index contributed by atoms with van der Waals surface area (Å²) in [6.07, 6.45) is 2.83. The van der Waals surface area contributed by atoms with Gasteiger partial charge >= 0.3 is 0 Å². The van der Waals surface area contributed by atoms with Gasteiger partial charge in [0, 0.05) is 22.2 Å². The van der Waals surface area contributed by atoms with E-state index in [1.54, 1.807) is 10.0 Å². The number of hydrogen-bond donors (Lipinski definition) is 0. The van der Waals surface area contributed by atoms with Crippen molar-refractivity contribution < 1.29 is 9.85 Å². The lowest BCUT2D eigenvalue weighted by Gasteiger charge is -2.31. The molecule has 0 saturated carbocycles. The van der Waals surface area contributed by atoms with E-state index in [4.69, 9.17) is 23.2 Å². The van der Waals surface area contributed by atoms with Crippen LogP contribution in [0.25, 0.3) is 0 Å². The van der Waals surface area contributed by atoms with Crippen LogP contribution in [0.1, 0.15) is 11.1 Å². The Labute approximate surface area is 181 Å². The van der Waals surface area contributed by atoms with Gasteiger partial charge in [-0.1, -0.05) is 23.2 Å². The first-order valence-corrected chi connectivity index (χ1v) is 9.55. The third kappa shape index (κ3) is 5.43. The predicted molar refractivity (Wildman–Crippen MR) is 115 cm³/mol. The second kappa shape index (κ2) is 9.51. The van der Waals surface area contributed by atoms with Crippen LogP contribution in [0.2, 0.25) is 10.0 Å². The second-order valence-corrected chi connectivity index (χ2v) is 7.19. The van der Waals surface area contributed by atoms with Crippen LogP contribution < -0.4 is 0 Å². The standard InChI is InChI=1S/C18H16Cl2N6O4/c19-15-1-3-17(25(27)28)13(9-15)11-21-23-5-7-24(8-6-23)22-12-14-10-16(20)2-4-18(14)26(29)30/h1-4,9-12H,5-8H2/b21-11-,22-12-. The average molecular weight is 451 g/mol. The highest BCUT2D eigenvalue weighted by Gasteiger charge is 2.17. The van der Waals surface area contributed by atoms with Gasteiger partial charge in [-0.3, -0.25) is 30.2 Å². The topological polar surface area (TPSA) is 117 Å². The van der Waals surface area contributed by atoms with Gasteiger partial charge in [-0.2, -0.15) is 10.2 Å². The maximum absolute atomic E-state index is 11.1. The van der Waals surface area contributed by atoms with Crippen molar-refractivity contribution in [3.05, 3.63) is 77.8 Å². The summed E-state index contributed by atoms with van der Waals surface area (Å²) >= 11 is 11.8. The van der Waals surface area contributed by atoms with Gasteiger partial charge in [-0.05, 0) is 24.3 Å². The monoisotopic (exact) mass is 450 g/mol. The van der Waals surface area contributed by atoms with Crippen molar-refractivity contribution in [3.63, 3.8) is 0 Å². The molecule has 2 aromatic rings. The number of benzene rings is 2. The summed E-state index contributed by atoms with van der Waals surface area (Å²) in [5, 5.41) is 35.1. The van der Waals surface area contributed by atoms with Gasteiger partial charge in [0.05, 0.1) is 59.6 Å². The number of rotatable bonds is 6. The van der Waals surface area contributed by atoms with Crippen molar-refractivity contribution in [1.29, 1.82) is 0 Å². The Morgan fingerprint density at radius 3 is 1.47 bits per heavy atom. The first-order chi connectivity index (χ1) is 14.3. The molecule has 0 unspecified atom stereocenters. The molecule has 156 valence electrons. The lowest BCUT2D eigenvalue weighted by Crippen LogP contribution is -2.41. The zero-order valence-corrected chi connectivity index (χ0v) is 17.0. The molecule has 1 aliphatic heterocycles. The molecule has 0 spiro atoms. The van der Waals surface area contributed by atoms with Crippen molar-refractivity contribution in [1.82, 2.24) is 10.0 Å². The first-order valence-electron chi connectivity index (χ1n) is 8.79. The van der Waals surface area contributed by atoms with Crippen LogP contribution in [0, 0.1) is 20.2 Å². The van der Waals surface area contributed by atoms with E-state index in [1.807, 2.05) is 0 Å². The van der Waals surface area contributed by atoms with E-state index in [-0.39, 0.29) is 11.4 Å². The summed E-state index contributed by atoms with van der Waals surface area (Å²) in [4.78, 5) is 21.3. The summed E-state index contributed by atoms with van der Waals surface area (Å²) < 4.78 is 0. The third-order valence-corrected chi connectivity index (χ3v) is 4.80. The number of hydrogen-bond acceptors (Lipinski definition) is 8. The van der Waals surface area contributed by atoms with Crippen LogP contribution in [0.5, 0.6) is 0 Å². The minimum atomic E-state index is -0.487. The van der Waals surface area contributed by atoms with E-state index >= 15 is 0 Å². The van der Waals surface area contributed by atoms with Crippen LogP contribution in [-0.4, -0.2) is 58.5 Å². The number of hydrazone groups is 2. The van der Waals surface area contributed by atoms with E-state index in [1.165, 1.54) is 48.8 Å². The lowest BCUT2D eigenvalue weighted by molar-refractivity contribution is -0.385. The molecule has 12 heteroatoms. The molecule has 10 nitrogen and oxygen atoms in total. The normalized spacial score (nSPS) is 14.6. The van der Waals surface area contributed by atoms with Crippen LogP contribution in [0.3, 0.4) is 0 Å².